The van der Waals surface area contributed by atoms with Crippen LogP contribution >= 0.6 is 0 Å². The third kappa shape index (κ3) is 11.8. The van der Waals surface area contributed by atoms with Crippen LogP contribution in [0.4, 0.5) is 8.78 Å². The first kappa shape index (κ1) is 12.8. The second-order valence-corrected chi connectivity index (χ2v) is 2.92. The van der Waals surface area contributed by atoms with Gasteiger partial charge in [0.1, 0.15) is 6.61 Å². The average Bonchev–Trinajstić information content (AvgIpc) is 2.09. The lowest BCUT2D eigenvalue weighted by Crippen LogP contribution is -2.21. The van der Waals surface area contributed by atoms with E-state index < -0.39 is 13.0 Å². The van der Waals surface area contributed by atoms with Crippen LogP contribution in [0.25, 0.3) is 0 Å². The van der Waals surface area contributed by atoms with Crippen LogP contribution in [0.5, 0.6) is 0 Å². The summed E-state index contributed by atoms with van der Waals surface area (Å²) < 4.78 is 27.8. The van der Waals surface area contributed by atoms with Crippen LogP contribution in [0.3, 0.4) is 0 Å². The van der Waals surface area contributed by atoms with Gasteiger partial charge in [0.15, 0.2) is 0 Å². The van der Waals surface area contributed by atoms with E-state index in [1.54, 1.807) is 0 Å². The minimum absolute atomic E-state index is 0.371. The number of hydrogen-bond donors (Lipinski definition) is 1. The zero-order valence-corrected chi connectivity index (χ0v) is 8.19. The summed E-state index contributed by atoms with van der Waals surface area (Å²) in [6.45, 7) is 3.68. The Morgan fingerprint density at radius 2 is 2.00 bits per heavy atom. The summed E-state index contributed by atoms with van der Waals surface area (Å²) in [6.07, 6.45) is 1.21. The van der Waals surface area contributed by atoms with E-state index in [0.717, 1.165) is 13.0 Å². The van der Waals surface area contributed by atoms with Gasteiger partial charge in [0.25, 0.3) is 6.43 Å². The van der Waals surface area contributed by atoms with E-state index >= 15 is 0 Å². The van der Waals surface area contributed by atoms with Crippen LogP contribution in [0.15, 0.2) is 0 Å². The Balaban J connectivity index is 2.84. The number of alkyl halides is 2. The first-order chi connectivity index (χ1) is 6.27. The lowest BCUT2D eigenvalue weighted by atomic mass is 10.2. The SMILES string of the molecule is CCCCCNCCOCC(F)F. The van der Waals surface area contributed by atoms with Crippen molar-refractivity contribution in [3.63, 3.8) is 0 Å². The molecule has 1 N–H and O–H groups in total. The van der Waals surface area contributed by atoms with Crippen LogP contribution in [0, 0.1) is 0 Å². The normalized spacial score (nSPS) is 11.1. The predicted molar refractivity (Wildman–Crippen MR) is 49.2 cm³/mol. The van der Waals surface area contributed by atoms with Gasteiger partial charge >= 0.3 is 0 Å². The minimum Gasteiger partial charge on any atom is -0.374 e. The first-order valence-electron chi connectivity index (χ1n) is 4.84. The Bertz CT molecular complexity index is 102. The molecule has 0 spiro atoms. The maximum Gasteiger partial charge on any atom is 0.261 e. The van der Waals surface area contributed by atoms with Crippen LogP contribution in [-0.2, 0) is 4.74 Å². The highest BCUT2D eigenvalue weighted by Crippen LogP contribution is 1.92. The highest BCUT2D eigenvalue weighted by molar-refractivity contribution is 4.47. The van der Waals surface area contributed by atoms with E-state index in [4.69, 9.17) is 0 Å². The molecule has 2 nitrogen and oxygen atoms in total. The molecule has 0 fully saturated rings. The Morgan fingerprint density at radius 3 is 2.62 bits per heavy atom. The predicted octanol–water partition coefficient (Wildman–Crippen LogP) is 2.05. The van der Waals surface area contributed by atoms with Crippen molar-refractivity contribution in [1.29, 1.82) is 0 Å². The standard InChI is InChI=1S/C9H19F2NO/c1-2-3-4-5-12-6-7-13-8-9(10)11/h9,12H,2-8H2,1H3. The quantitative estimate of drug-likeness (QED) is 0.568. The maximum atomic E-state index is 11.6. The smallest absolute Gasteiger partial charge is 0.261 e. The number of unbranched alkanes of at least 4 members (excludes halogenated alkanes) is 2. The molecule has 0 aromatic carbocycles. The molecule has 0 saturated carbocycles. The zero-order valence-electron chi connectivity index (χ0n) is 8.19. The third-order valence-corrected chi connectivity index (χ3v) is 1.62. The molecular formula is C9H19F2NO. The Morgan fingerprint density at radius 1 is 1.23 bits per heavy atom. The number of halogens is 2. The van der Waals surface area contributed by atoms with Gasteiger partial charge in [-0.3, -0.25) is 0 Å². The topological polar surface area (TPSA) is 21.3 Å². The average molecular weight is 195 g/mol. The van der Waals surface area contributed by atoms with Crippen LogP contribution < -0.4 is 5.32 Å². The van der Waals surface area contributed by atoms with E-state index in [0.29, 0.717) is 13.2 Å². The van der Waals surface area contributed by atoms with Crippen molar-refractivity contribution in [3.05, 3.63) is 0 Å². The highest BCUT2D eigenvalue weighted by atomic mass is 19.3. The summed E-state index contributed by atoms with van der Waals surface area (Å²) in [7, 11) is 0. The molecule has 0 bridgehead atoms. The molecule has 0 rings (SSSR count). The van der Waals surface area contributed by atoms with Crippen molar-refractivity contribution in [2.24, 2.45) is 0 Å². The monoisotopic (exact) mass is 195 g/mol. The molecule has 0 unspecified atom stereocenters. The molecule has 0 atom stereocenters. The van der Waals surface area contributed by atoms with Gasteiger partial charge in [0, 0.05) is 6.54 Å². The molecule has 0 saturated heterocycles. The lowest BCUT2D eigenvalue weighted by molar-refractivity contribution is 0.0188. The Kier molecular flexibility index (Phi) is 9.70. The van der Waals surface area contributed by atoms with Crippen molar-refractivity contribution in [1.82, 2.24) is 5.32 Å². The maximum absolute atomic E-state index is 11.6. The summed E-state index contributed by atoms with van der Waals surface area (Å²) in [6, 6.07) is 0. The van der Waals surface area contributed by atoms with Crippen molar-refractivity contribution >= 4 is 0 Å². The van der Waals surface area contributed by atoms with Crippen molar-refractivity contribution in [2.75, 3.05) is 26.3 Å². The van der Waals surface area contributed by atoms with Gasteiger partial charge in [-0.15, -0.1) is 0 Å². The lowest BCUT2D eigenvalue weighted by Gasteiger charge is -2.04. The van der Waals surface area contributed by atoms with Gasteiger partial charge in [0.05, 0.1) is 6.61 Å². The second kappa shape index (κ2) is 9.86. The first-order valence-corrected chi connectivity index (χ1v) is 4.84. The van der Waals surface area contributed by atoms with Crippen LogP contribution in [0.1, 0.15) is 26.2 Å². The summed E-state index contributed by atoms with van der Waals surface area (Å²) in [5, 5.41) is 3.12. The molecular weight excluding hydrogens is 176 g/mol. The molecule has 80 valence electrons. The molecule has 0 aliphatic heterocycles. The van der Waals surface area contributed by atoms with Gasteiger partial charge in [-0.25, -0.2) is 8.78 Å². The summed E-state index contributed by atoms with van der Waals surface area (Å²) in [5.41, 5.74) is 0. The number of rotatable bonds is 9. The summed E-state index contributed by atoms with van der Waals surface area (Å²) >= 11 is 0. The second-order valence-electron chi connectivity index (χ2n) is 2.92. The zero-order chi connectivity index (χ0) is 9.94. The van der Waals surface area contributed by atoms with Crippen LogP contribution in [0.2, 0.25) is 0 Å². The van der Waals surface area contributed by atoms with Gasteiger partial charge in [0.2, 0.25) is 0 Å². The van der Waals surface area contributed by atoms with Gasteiger partial charge in [-0.05, 0) is 13.0 Å². The molecule has 0 radical (unpaired) electrons. The largest absolute Gasteiger partial charge is 0.374 e. The van der Waals surface area contributed by atoms with Crippen molar-refractivity contribution < 1.29 is 13.5 Å². The fraction of sp³-hybridized carbons (Fsp3) is 1.00. The van der Waals surface area contributed by atoms with Gasteiger partial charge < -0.3 is 10.1 Å². The Labute approximate surface area is 78.7 Å². The Hall–Kier alpha value is -0.220. The molecule has 0 heterocycles. The highest BCUT2D eigenvalue weighted by Gasteiger charge is 2.00. The van der Waals surface area contributed by atoms with Gasteiger partial charge in [-0.1, -0.05) is 19.8 Å². The van der Waals surface area contributed by atoms with E-state index in [9.17, 15) is 8.78 Å². The van der Waals surface area contributed by atoms with Crippen molar-refractivity contribution in [2.45, 2.75) is 32.6 Å². The molecule has 0 amide bonds. The number of hydrogen-bond acceptors (Lipinski definition) is 2. The fourth-order valence-electron chi connectivity index (χ4n) is 0.942. The third-order valence-electron chi connectivity index (χ3n) is 1.62. The van der Waals surface area contributed by atoms with E-state index in [1.165, 1.54) is 12.8 Å². The number of nitrogens with one attached hydrogen (secondary N) is 1. The van der Waals surface area contributed by atoms with Crippen LogP contribution in [-0.4, -0.2) is 32.7 Å². The van der Waals surface area contributed by atoms with Gasteiger partial charge in [-0.2, -0.15) is 0 Å². The molecule has 0 aliphatic carbocycles. The molecule has 4 heteroatoms. The fourth-order valence-corrected chi connectivity index (χ4v) is 0.942. The summed E-state index contributed by atoms with van der Waals surface area (Å²) in [4.78, 5) is 0. The van der Waals surface area contributed by atoms with E-state index in [2.05, 4.69) is 17.0 Å². The molecule has 0 aliphatic rings. The number of ether oxygens (including phenoxy) is 1. The van der Waals surface area contributed by atoms with E-state index in [-0.39, 0.29) is 0 Å². The molecule has 13 heavy (non-hydrogen) atoms. The minimum atomic E-state index is -2.35. The molecule has 0 aromatic rings. The molecule has 0 aromatic heterocycles. The van der Waals surface area contributed by atoms with E-state index in [1.807, 2.05) is 0 Å². The van der Waals surface area contributed by atoms with Crippen molar-refractivity contribution in [3.8, 4) is 0 Å². The summed E-state index contributed by atoms with van der Waals surface area (Å²) in [5.74, 6) is 0.